The highest BCUT2D eigenvalue weighted by Gasteiger charge is 2.28. The zero-order valence-electron chi connectivity index (χ0n) is 22.7. The van der Waals surface area contributed by atoms with Crippen LogP contribution < -0.4 is 15.4 Å². The third kappa shape index (κ3) is 6.06. The second kappa shape index (κ2) is 12.4. The molecule has 5 rings (SSSR count). The molecule has 2 N–H and O–H groups in total. The van der Waals surface area contributed by atoms with E-state index in [-0.39, 0.29) is 5.91 Å². The first kappa shape index (κ1) is 27.4. The number of benzene rings is 2. The Kier molecular flexibility index (Phi) is 8.70. The molecule has 6 nitrogen and oxygen atoms in total. The largest absolute Gasteiger partial charge is 0.496 e. The molecule has 1 aliphatic rings. The fourth-order valence-corrected chi connectivity index (χ4v) is 6.94. The number of rotatable bonds is 9. The van der Waals surface area contributed by atoms with E-state index < -0.39 is 0 Å². The maximum atomic E-state index is 14.1. The molecule has 1 amide bonds. The number of nitrogens with zero attached hydrogens (tertiary/aromatic N) is 2. The highest BCUT2D eigenvalue weighted by atomic mass is 35.5. The van der Waals surface area contributed by atoms with Crippen molar-refractivity contribution in [2.45, 2.75) is 38.3 Å². The van der Waals surface area contributed by atoms with Crippen molar-refractivity contribution < 1.29 is 9.53 Å². The molecule has 0 saturated heterocycles. The summed E-state index contributed by atoms with van der Waals surface area (Å²) in [5.74, 6) is 2.00. The number of aromatic nitrogens is 1. The van der Waals surface area contributed by atoms with E-state index >= 15 is 0 Å². The molecule has 0 radical (unpaired) electrons. The molecule has 1 fully saturated rings. The van der Waals surface area contributed by atoms with Crippen LogP contribution in [0.3, 0.4) is 0 Å². The van der Waals surface area contributed by atoms with Gasteiger partial charge >= 0.3 is 0 Å². The summed E-state index contributed by atoms with van der Waals surface area (Å²) in [5, 5.41) is 7.94. The van der Waals surface area contributed by atoms with Crippen molar-refractivity contribution in [2.75, 3.05) is 33.1 Å². The highest BCUT2D eigenvalue weighted by Crippen LogP contribution is 2.37. The van der Waals surface area contributed by atoms with Gasteiger partial charge in [-0.1, -0.05) is 35.9 Å². The Morgan fingerprint density at radius 2 is 1.85 bits per heavy atom. The number of methoxy groups -OCH3 is 1. The van der Waals surface area contributed by atoms with E-state index in [0.29, 0.717) is 34.9 Å². The lowest BCUT2D eigenvalue weighted by atomic mass is 9.85. The normalized spacial score (nSPS) is 17.2. The average molecular weight is 563 g/mol. The minimum absolute atomic E-state index is 0.0237. The van der Waals surface area contributed by atoms with Crippen molar-refractivity contribution in [3.63, 3.8) is 0 Å². The molecule has 1 saturated carbocycles. The van der Waals surface area contributed by atoms with Gasteiger partial charge in [0, 0.05) is 53.6 Å². The Balaban J connectivity index is 1.48. The van der Waals surface area contributed by atoms with Gasteiger partial charge in [0.25, 0.3) is 5.91 Å². The Morgan fingerprint density at radius 3 is 2.51 bits per heavy atom. The Morgan fingerprint density at radius 1 is 1.08 bits per heavy atom. The lowest BCUT2D eigenvalue weighted by Crippen LogP contribution is -2.38. The number of carbonyl (C=O) groups is 1. The number of pyridine rings is 1. The van der Waals surface area contributed by atoms with Crippen molar-refractivity contribution in [2.24, 2.45) is 5.92 Å². The first-order valence-corrected chi connectivity index (χ1v) is 14.6. The number of fused-ring (bicyclic) bond motifs is 1. The van der Waals surface area contributed by atoms with Gasteiger partial charge in [0.05, 0.1) is 12.1 Å². The predicted octanol–water partition coefficient (Wildman–Crippen LogP) is 7.09. The molecule has 2 aromatic heterocycles. The number of carbonyl (C=O) groups excluding carboxylic acids is 1. The molecule has 8 heteroatoms. The zero-order valence-corrected chi connectivity index (χ0v) is 24.2. The van der Waals surface area contributed by atoms with Crippen LogP contribution in [-0.4, -0.2) is 49.6 Å². The van der Waals surface area contributed by atoms with Crippen LogP contribution in [0.5, 0.6) is 5.75 Å². The lowest BCUT2D eigenvalue weighted by molar-refractivity contribution is 0.0698. The van der Waals surface area contributed by atoms with Crippen LogP contribution in [0.1, 0.15) is 40.9 Å². The highest BCUT2D eigenvalue weighted by molar-refractivity contribution is 7.21. The van der Waals surface area contributed by atoms with Gasteiger partial charge in [0.1, 0.15) is 16.4 Å². The number of hydrogen-bond donors (Lipinski definition) is 2. The van der Waals surface area contributed by atoms with Crippen LogP contribution in [-0.2, 0) is 6.54 Å². The van der Waals surface area contributed by atoms with E-state index in [9.17, 15) is 4.79 Å². The van der Waals surface area contributed by atoms with Crippen LogP contribution in [0.15, 0.2) is 60.8 Å². The topological polar surface area (TPSA) is 66.5 Å². The molecule has 0 bridgehead atoms. The molecule has 0 spiro atoms. The summed E-state index contributed by atoms with van der Waals surface area (Å²) in [6, 6.07) is 18.6. The summed E-state index contributed by atoms with van der Waals surface area (Å²) < 4.78 is 6.78. The number of amides is 1. The first-order valence-electron chi connectivity index (χ1n) is 13.4. The SMILES string of the molecule is CNc1ccc(-c2ccc(OC)c(CN(CC3CCC(NC)CC3)C(=O)c3sc4ccccc4c3Cl)c2)cn1. The zero-order chi connectivity index (χ0) is 27.4. The number of ether oxygens (including phenoxy) is 1. The average Bonchev–Trinajstić information content (AvgIpc) is 3.33. The minimum Gasteiger partial charge on any atom is -0.496 e. The molecular formula is C31H35ClN4O2S. The molecular weight excluding hydrogens is 528 g/mol. The van der Waals surface area contributed by atoms with Crippen molar-refractivity contribution in [3.8, 4) is 16.9 Å². The van der Waals surface area contributed by atoms with Crippen molar-refractivity contribution in [3.05, 3.63) is 76.3 Å². The number of nitrogens with one attached hydrogen (secondary N) is 2. The molecule has 0 unspecified atom stereocenters. The van der Waals surface area contributed by atoms with Crippen molar-refractivity contribution in [1.82, 2.24) is 15.2 Å². The van der Waals surface area contributed by atoms with Gasteiger partial charge in [-0.05, 0) is 74.5 Å². The summed E-state index contributed by atoms with van der Waals surface area (Å²) in [6.45, 7) is 1.13. The van der Waals surface area contributed by atoms with Crippen LogP contribution in [0.2, 0.25) is 5.02 Å². The second-order valence-electron chi connectivity index (χ2n) is 10.1. The third-order valence-corrected chi connectivity index (χ3v) is 9.41. The molecule has 0 aliphatic heterocycles. The van der Waals surface area contributed by atoms with E-state index in [1.54, 1.807) is 7.11 Å². The lowest BCUT2D eigenvalue weighted by Gasteiger charge is -2.33. The van der Waals surface area contributed by atoms with E-state index in [2.05, 4.69) is 21.7 Å². The molecule has 2 heterocycles. The van der Waals surface area contributed by atoms with Gasteiger partial charge in [0.15, 0.2) is 0 Å². The van der Waals surface area contributed by atoms with Gasteiger partial charge in [-0.15, -0.1) is 11.3 Å². The monoisotopic (exact) mass is 562 g/mol. The molecule has 204 valence electrons. The molecule has 1 aliphatic carbocycles. The second-order valence-corrected chi connectivity index (χ2v) is 11.6. The number of anilines is 1. The van der Waals surface area contributed by atoms with E-state index in [0.717, 1.165) is 64.0 Å². The fourth-order valence-electron chi connectivity index (χ4n) is 5.46. The van der Waals surface area contributed by atoms with Gasteiger partial charge in [-0.3, -0.25) is 4.79 Å². The van der Waals surface area contributed by atoms with E-state index in [1.165, 1.54) is 11.3 Å². The summed E-state index contributed by atoms with van der Waals surface area (Å²) in [7, 11) is 5.56. The minimum atomic E-state index is -0.0237. The van der Waals surface area contributed by atoms with E-state index in [1.807, 2.05) is 73.7 Å². The summed E-state index contributed by atoms with van der Waals surface area (Å²) in [4.78, 5) is 21.2. The Labute approximate surface area is 239 Å². The quantitative estimate of drug-likeness (QED) is 0.228. The van der Waals surface area contributed by atoms with Crippen molar-refractivity contribution >= 4 is 44.7 Å². The number of thiophene rings is 1. The predicted molar refractivity (Wildman–Crippen MR) is 162 cm³/mol. The third-order valence-electron chi connectivity index (χ3n) is 7.74. The standard InChI is InChI=1S/C31H35ClN4O2S/c1-33-24-12-8-20(9-13-24)18-36(31(37)30-29(32)25-6-4-5-7-27(25)39-30)19-23-16-21(10-14-26(23)38-3)22-11-15-28(34-2)35-17-22/h4-7,10-11,14-17,20,24,33H,8-9,12-13,18-19H2,1-3H3,(H,34,35). The molecule has 0 atom stereocenters. The molecule has 2 aromatic carbocycles. The van der Waals surface area contributed by atoms with Gasteiger partial charge < -0.3 is 20.3 Å². The van der Waals surface area contributed by atoms with Crippen LogP contribution in [0, 0.1) is 5.92 Å². The number of halogens is 1. The Hall–Kier alpha value is -3.13. The summed E-state index contributed by atoms with van der Waals surface area (Å²) in [5.41, 5.74) is 3.00. The van der Waals surface area contributed by atoms with E-state index in [4.69, 9.17) is 16.3 Å². The van der Waals surface area contributed by atoms with Crippen LogP contribution in [0.4, 0.5) is 5.82 Å². The fraction of sp³-hybridized carbons (Fsp3) is 0.355. The summed E-state index contributed by atoms with van der Waals surface area (Å²) >= 11 is 8.26. The smallest absolute Gasteiger partial charge is 0.265 e. The van der Waals surface area contributed by atoms with Gasteiger partial charge in [-0.25, -0.2) is 4.98 Å². The van der Waals surface area contributed by atoms with Crippen molar-refractivity contribution in [1.29, 1.82) is 0 Å². The molecule has 4 aromatic rings. The van der Waals surface area contributed by atoms with Crippen LogP contribution in [0.25, 0.3) is 21.2 Å². The summed E-state index contributed by atoms with van der Waals surface area (Å²) in [6.07, 6.45) is 6.30. The number of hydrogen-bond acceptors (Lipinski definition) is 6. The first-order chi connectivity index (χ1) is 19.0. The molecule has 39 heavy (non-hydrogen) atoms. The van der Waals surface area contributed by atoms with Crippen LogP contribution >= 0.6 is 22.9 Å². The maximum absolute atomic E-state index is 14.1. The Bertz CT molecular complexity index is 1430. The van der Waals surface area contributed by atoms with Gasteiger partial charge in [0.2, 0.25) is 0 Å². The van der Waals surface area contributed by atoms with Gasteiger partial charge in [-0.2, -0.15) is 0 Å². The maximum Gasteiger partial charge on any atom is 0.265 e.